The molecule has 1 saturated heterocycles. The molecule has 0 spiro atoms. The minimum atomic E-state index is -1.09. The third-order valence-electron chi connectivity index (χ3n) is 8.65. The number of para-hydroxylation sites is 1. The van der Waals surface area contributed by atoms with E-state index in [0.29, 0.717) is 42.3 Å². The van der Waals surface area contributed by atoms with Crippen LogP contribution in [-0.4, -0.2) is 78.8 Å². The summed E-state index contributed by atoms with van der Waals surface area (Å²) in [4.78, 5) is 42.8. The third kappa shape index (κ3) is 5.23. The van der Waals surface area contributed by atoms with E-state index < -0.39 is 23.9 Å². The maximum Gasteiger partial charge on any atom is 0.308 e. The molecule has 1 aromatic rings. The van der Waals surface area contributed by atoms with E-state index in [9.17, 15) is 19.5 Å². The molecule has 10 nitrogen and oxygen atoms in total. The van der Waals surface area contributed by atoms with E-state index >= 15 is 0 Å². The molecule has 4 aliphatic rings. The molecule has 1 aromatic carbocycles. The van der Waals surface area contributed by atoms with Crippen LogP contribution < -0.4 is 9.47 Å². The predicted octanol–water partition coefficient (Wildman–Crippen LogP) is 4.23. The second-order valence-corrected chi connectivity index (χ2v) is 12.4. The van der Waals surface area contributed by atoms with Crippen LogP contribution in [0.4, 0.5) is 0 Å². The topological polar surface area (TPSA) is 115 Å². The molecule has 226 valence electrons. The quantitative estimate of drug-likeness (QED) is 0.532. The smallest absolute Gasteiger partial charge is 0.308 e. The fourth-order valence-corrected chi connectivity index (χ4v) is 6.33. The zero-order valence-electron chi connectivity index (χ0n) is 25.1. The van der Waals surface area contributed by atoms with Gasteiger partial charge in [-0.25, -0.2) is 0 Å². The molecule has 42 heavy (non-hydrogen) atoms. The maximum absolute atomic E-state index is 14.3. The van der Waals surface area contributed by atoms with Crippen LogP contribution in [0.5, 0.6) is 11.5 Å². The minimum absolute atomic E-state index is 0.129. The van der Waals surface area contributed by atoms with E-state index in [0.717, 1.165) is 16.7 Å². The molecule has 3 heterocycles. The number of hydrogen-bond donors (Lipinski definition) is 1. The molecular weight excluding hydrogens is 540 g/mol. The highest BCUT2D eigenvalue weighted by Gasteiger charge is 2.50. The SMILES string of the molecule is COc1cccc([C@@H]2C=C(C)C3=COC[C@@H](C(C)(C)C)N4C(=O)[C@@H](CC(=O)N5CCCC(C(=O)O)C5)OC2=C34)c1OC. The Morgan fingerprint density at radius 1 is 1.17 bits per heavy atom. The van der Waals surface area contributed by atoms with Gasteiger partial charge in [0.2, 0.25) is 5.91 Å². The lowest BCUT2D eigenvalue weighted by molar-refractivity contribution is -0.155. The van der Waals surface area contributed by atoms with Gasteiger partial charge in [0.1, 0.15) is 12.4 Å². The number of rotatable bonds is 6. The number of methoxy groups -OCH3 is 2. The van der Waals surface area contributed by atoms with Crippen LogP contribution in [0, 0.1) is 11.3 Å². The summed E-state index contributed by atoms with van der Waals surface area (Å²) in [5.41, 5.74) is 2.76. The van der Waals surface area contributed by atoms with Gasteiger partial charge in [-0.3, -0.25) is 19.3 Å². The normalized spacial score (nSPS) is 25.8. The Bertz CT molecular complexity index is 1370. The van der Waals surface area contributed by atoms with Crippen molar-refractivity contribution >= 4 is 17.8 Å². The van der Waals surface area contributed by atoms with Gasteiger partial charge in [-0.2, -0.15) is 0 Å². The number of hydrogen-bond acceptors (Lipinski definition) is 7. The Morgan fingerprint density at radius 2 is 1.93 bits per heavy atom. The first-order chi connectivity index (χ1) is 20.0. The van der Waals surface area contributed by atoms with Crippen LogP contribution in [0.25, 0.3) is 0 Å². The number of aliphatic carboxylic acids is 1. The average Bonchev–Trinajstić information content (AvgIpc) is 3.18. The van der Waals surface area contributed by atoms with Crippen LogP contribution >= 0.6 is 0 Å². The fourth-order valence-electron chi connectivity index (χ4n) is 6.33. The van der Waals surface area contributed by atoms with Crippen molar-refractivity contribution < 1.29 is 38.4 Å². The highest BCUT2D eigenvalue weighted by atomic mass is 16.5. The number of likely N-dealkylation sites (tertiary alicyclic amines) is 1. The largest absolute Gasteiger partial charge is 0.498 e. The van der Waals surface area contributed by atoms with Crippen molar-refractivity contribution in [2.45, 2.75) is 65.0 Å². The van der Waals surface area contributed by atoms with Gasteiger partial charge in [0.05, 0.1) is 50.5 Å². The maximum atomic E-state index is 14.3. The number of nitrogens with zero attached hydrogens (tertiary/aromatic N) is 2. The van der Waals surface area contributed by atoms with E-state index in [-0.39, 0.29) is 42.8 Å². The molecule has 0 saturated carbocycles. The molecule has 3 aliphatic heterocycles. The van der Waals surface area contributed by atoms with Crippen molar-refractivity contribution in [2.75, 3.05) is 33.9 Å². The van der Waals surface area contributed by atoms with E-state index in [1.54, 1.807) is 30.3 Å². The number of piperidine rings is 1. The second-order valence-electron chi connectivity index (χ2n) is 12.4. The summed E-state index contributed by atoms with van der Waals surface area (Å²) < 4.78 is 24.0. The van der Waals surface area contributed by atoms with Gasteiger partial charge in [-0.1, -0.05) is 39.0 Å². The lowest BCUT2D eigenvalue weighted by Crippen LogP contribution is -2.56. The number of carboxylic acid groups (broad SMARTS) is 1. The van der Waals surface area contributed by atoms with Gasteiger partial charge in [0.25, 0.3) is 5.91 Å². The molecular formula is C32H40N2O8. The molecule has 2 amide bonds. The van der Waals surface area contributed by atoms with Gasteiger partial charge in [-0.05, 0) is 36.8 Å². The van der Waals surface area contributed by atoms with Gasteiger partial charge in [-0.15, -0.1) is 0 Å². The lowest BCUT2D eigenvalue weighted by Gasteiger charge is -2.46. The number of carbonyl (C=O) groups excluding carboxylic acids is 2. The molecule has 1 N–H and O–H groups in total. The number of ether oxygens (including phenoxy) is 4. The molecule has 1 unspecified atom stereocenters. The molecule has 5 rings (SSSR count). The van der Waals surface area contributed by atoms with E-state index in [4.69, 9.17) is 18.9 Å². The Morgan fingerprint density at radius 3 is 2.60 bits per heavy atom. The van der Waals surface area contributed by atoms with Gasteiger partial charge < -0.3 is 29.0 Å². The number of carboxylic acids is 1. The summed E-state index contributed by atoms with van der Waals surface area (Å²) >= 11 is 0. The average molecular weight is 581 g/mol. The number of benzene rings is 1. The minimum Gasteiger partial charge on any atom is -0.498 e. The first-order valence-electron chi connectivity index (χ1n) is 14.4. The van der Waals surface area contributed by atoms with Crippen LogP contribution in [-0.2, 0) is 23.9 Å². The number of carbonyl (C=O) groups is 3. The van der Waals surface area contributed by atoms with E-state index in [2.05, 4.69) is 26.8 Å². The van der Waals surface area contributed by atoms with Crippen LogP contribution in [0.2, 0.25) is 0 Å². The Kier molecular flexibility index (Phi) is 8.00. The van der Waals surface area contributed by atoms with Crippen molar-refractivity contribution in [3.63, 3.8) is 0 Å². The summed E-state index contributed by atoms with van der Waals surface area (Å²) in [6.07, 6.45) is 3.60. The zero-order chi connectivity index (χ0) is 30.3. The van der Waals surface area contributed by atoms with Gasteiger partial charge in [0, 0.05) is 24.2 Å². The summed E-state index contributed by atoms with van der Waals surface area (Å²) in [6.45, 7) is 9.02. The highest BCUT2D eigenvalue weighted by Crippen LogP contribution is 2.50. The summed E-state index contributed by atoms with van der Waals surface area (Å²) in [5, 5.41) is 9.53. The Labute approximate surface area is 246 Å². The summed E-state index contributed by atoms with van der Waals surface area (Å²) in [7, 11) is 3.17. The predicted molar refractivity (Wildman–Crippen MR) is 154 cm³/mol. The molecule has 0 bridgehead atoms. The standard InChI is InChI=1S/C32H40N2O8/c1-18-13-21(20-10-7-11-23(39-5)28(20)40-6)29-27-22(18)16-41-17-25(32(2,3)4)34(27)30(36)24(42-29)14-26(35)33-12-8-9-19(15-33)31(37)38/h7,10-11,13,16,19,21,24-25H,8-9,12,14-15,17H2,1-6H3,(H,37,38)/t19?,21-,24+,25-/m0/s1. The van der Waals surface area contributed by atoms with Crippen molar-refractivity contribution in [2.24, 2.45) is 11.3 Å². The monoisotopic (exact) mass is 580 g/mol. The molecule has 0 aromatic heterocycles. The number of allylic oxidation sites excluding steroid dienone is 2. The summed E-state index contributed by atoms with van der Waals surface area (Å²) in [6, 6.07) is 5.31. The molecule has 1 fully saturated rings. The first-order valence-corrected chi connectivity index (χ1v) is 14.4. The number of amides is 2. The van der Waals surface area contributed by atoms with Crippen LogP contribution in [0.15, 0.2) is 53.1 Å². The van der Waals surface area contributed by atoms with Crippen molar-refractivity contribution in [3.05, 3.63) is 58.7 Å². The van der Waals surface area contributed by atoms with Crippen LogP contribution in [0.1, 0.15) is 58.4 Å². The highest BCUT2D eigenvalue weighted by molar-refractivity contribution is 5.91. The zero-order valence-corrected chi connectivity index (χ0v) is 25.1. The molecule has 10 heteroatoms. The molecule has 4 atom stereocenters. The summed E-state index contributed by atoms with van der Waals surface area (Å²) in [5.74, 6) is -0.900. The van der Waals surface area contributed by atoms with Crippen molar-refractivity contribution in [1.82, 2.24) is 9.80 Å². The first kappa shape index (κ1) is 29.5. The third-order valence-corrected chi connectivity index (χ3v) is 8.65. The van der Waals surface area contributed by atoms with E-state index in [1.807, 2.05) is 25.1 Å². The van der Waals surface area contributed by atoms with Crippen molar-refractivity contribution in [1.29, 1.82) is 0 Å². The fraction of sp³-hybridized carbons (Fsp3) is 0.531. The van der Waals surface area contributed by atoms with Crippen LogP contribution in [0.3, 0.4) is 0 Å². The molecule has 1 aliphatic carbocycles. The van der Waals surface area contributed by atoms with E-state index in [1.165, 1.54) is 0 Å². The molecule has 0 radical (unpaired) electrons. The van der Waals surface area contributed by atoms with Gasteiger partial charge >= 0.3 is 5.97 Å². The second kappa shape index (κ2) is 11.4. The lowest BCUT2D eigenvalue weighted by atomic mass is 9.80. The van der Waals surface area contributed by atoms with Crippen molar-refractivity contribution in [3.8, 4) is 11.5 Å². The van der Waals surface area contributed by atoms with Gasteiger partial charge in [0.15, 0.2) is 17.6 Å². The Hall–Kier alpha value is -3.95. The Balaban J connectivity index is 1.60.